The van der Waals surface area contributed by atoms with Gasteiger partial charge in [-0.05, 0) is 41.2 Å². The van der Waals surface area contributed by atoms with Gasteiger partial charge >= 0.3 is 0 Å². The van der Waals surface area contributed by atoms with Gasteiger partial charge in [0, 0.05) is 38.8 Å². The Bertz CT molecular complexity index is 1010. The van der Waals surface area contributed by atoms with Crippen LogP contribution < -0.4 is 5.32 Å². The standard InChI is InChI=1S/C27H34N4O3/c1-20(2)17-25(27(33)30(3)19-28)24-6-4-5-23(18-24)21-7-9-22(10-8-21)26(32)29-11-12-31-13-15-34-16-14-31/h4-10,18,20,25H,11-17H2,1-3H3,(H,29,32). The maximum absolute atomic E-state index is 12.8. The highest BCUT2D eigenvalue weighted by atomic mass is 16.5. The van der Waals surface area contributed by atoms with E-state index >= 15 is 0 Å². The smallest absolute Gasteiger partial charge is 0.251 e. The highest BCUT2D eigenvalue weighted by Gasteiger charge is 2.25. The average Bonchev–Trinajstić information content (AvgIpc) is 2.87. The number of nitriles is 1. The highest BCUT2D eigenvalue weighted by Crippen LogP contribution is 2.29. The molecule has 2 aromatic rings. The fraction of sp³-hybridized carbons (Fsp3) is 0.444. The van der Waals surface area contributed by atoms with Crippen molar-refractivity contribution in [2.45, 2.75) is 26.2 Å². The Morgan fingerprint density at radius 1 is 1.12 bits per heavy atom. The van der Waals surface area contributed by atoms with Crippen LogP contribution in [-0.4, -0.2) is 68.1 Å². The summed E-state index contributed by atoms with van der Waals surface area (Å²) in [5.74, 6) is -0.347. The minimum absolute atomic E-state index is 0.0873. The lowest BCUT2D eigenvalue weighted by Gasteiger charge is -2.26. The monoisotopic (exact) mass is 462 g/mol. The number of ether oxygens (including phenoxy) is 1. The Morgan fingerprint density at radius 3 is 2.47 bits per heavy atom. The van der Waals surface area contributed by atoms with E-state index < -0.39 is 0 Å². The molecule has 0 radical (unpaired) electrons. The summed E-state index contributed by atoms with van der Waals surface area (Å²) in [6, 6.07) is 15.4. The van der Waals surface area contributed by atoms with Crippen LogP contribution in [0.25, 0.3) is 11.1 Å². The molecule has 7 heteroatoms. The maximum Gasteiger partial charge on any atom is 0.251 e. The van der Waals surface area contributed by atoms with Gasteiger partial charge in [-0.15, -0.1) is 0 Å². The van der Waals surface area contributed by atoms with Gasteiger partial charge in [-0.2, -0.15) is 5.26 Å². The largest absolute Gasteiger partial charge is 0.379 e. The van der Waals surface area contributed by atoms with Crippen LogP contribution >= 0.6 is 0 Å². The van der Waals surface area contributed by atoms with Crippen molar-refractivity contribution >= 4 is 11.8 Å². The van der Waals surface area contributed by atoms with Gasteiger partial charge in [-0.3, -0.25) is 19.4 Å². The first-order valence-corrected chi connectivity index (χ1v) is 11.8. The number of likely N-dealkylation sites (N-methyl/N-ethyl adjacent to an activating group) is 1. The van der Waals surface area contributed by atoms with Crippen molar-refractivity contribution < 1.29 is 14.3 Å². The van der Waals surface area contributed by atoms with Crippen LogP contribution in [0.5, 0.6) is 0 Å². The van der Waals surface area contributed by atoms with E-state index in [-0.39, 0.29) is 17.7 Å². The fourth-order valence-corrected chi connectivity index (χ4v) is 4.14. The number of benzene rings is 2. The summed E-state index contributed by atoms with van der Waals surface area (Å²) in [5, 5.41) is 12.2. The first-order chi connectivity index (χ1) is 16.4. The third-order valence-electron chi connectivity index (χ3n) is 6.07. The Kier molecular flexibility index (Phi) is 9.20. The lowest BCUT2D eigenvalue weighted by Crippen LogP contribution is -2.41. The number of carbonyl (C=O) groups excluding carboxylic acids is 2. The number of nitrogens with one attached hydrogen (secondary N) is 1. The predicted molar refractivity (Wildman–Crippen MR) is 132 cm³/mol. The second-order valence-electron chi connectivity index (χ2n) is 9.09. The van der Waals surface area contributed by atoms with Crippen molar-refractivity contribution in [1.82, 2.24) is 15.1 Å². The van der Waals surface area contributed by atoms with Crippen molar-refractivity contribution in [2.24, 2.45) is 5.92 Å². The Morgan fingerprint density at radius 2 is 1.82 bits per heavy atom. The summed E-state index contributed by atoms with van der Waals surface area (Å²) in [7, 11) is 1.50. The van der Waals surface area contributed by atoms with Gasteiger partial charge in [0.2, 0.25) is 5.91 Å². The minimum Gasteiger partial charge on any atom is -0.379 e. The SMILES string of the molecule is CC(C)CC(C(=O)N(C)C#N)c1cccc(-c2ccc(C(=O)NCCN3CCOCC3)cc2)c1. The second kappa shape index (κ2) is 12.3. The quantitative estimate of drug-likeness (QED) is 0.455. The zero-order valence-electron chi connectivity index (χ0n) is 20.3. The van der Waals surface area contributed by atoms with Gasteiger partial charge in [0.1, 0.15) is 0 Å². The molecule has 1 atom stereocenters. The molecule has 1 unspecified atom stereocenters. The number of nitrogens with zero attached hydrogens (tertiary/aromatic N) is 3. The molecule has 7 nitrogen and oxygen atoms in total. The number of hydrogen-bond acceptors (Lipinski definition) is 5. The molecule has 0 spiro atoms. The normalized spacial score (nSPS) is 14.9. The molecule has 34 heavy (non-hydrogen) atoms. The maximum atomic E-state index is 12.8. The molecule has 1 aliphatic rings. The van der Waals surface area contributed by atoms with Crippen molar-refractivity contribution in [3.8, 4) is 17.3 Å². The molecule has 1 aliphatic heterocycles. The molecule has 1 N–H and O–H groups in total. The molecule has 1 fully saturated rings. The average molecular weight is 463 g/mol. The number of rotatable bonds is 9. The van der Waals surface area contributed by atoms with Gasteiger partial charge in [0.25, 0.3) is 5.91 Å². The van der Waals surface area contributed by atoms with E-state index in [4.69, 9.17) is 4.74 Å². The molecular weight excluding hydrogens is 428 g/mol. The minimum atomic E-state index is -0.374. The predicted octanol–water partition coefficient (Wildman–Crippen LogP) is 3.48. The van der Waals surface area contributed by atoms with Gasteiger partial charge in [-0.25, -0.2) is 0 Å². The molecule has 0 aliphatic carbocycles. The molecule has 2 aromatic carbocycles. The Balaban J connectivity index is 1.68. The van der Waals surface area contributed by atoms with Crippen LogP contribution in [0.2, 0.25) is 0 Å². The van der Waals surface area contributed by atoms with Crippen molar-refractivity contribution in [1.29, 1.82) is 5.26 Å². The first-order valence-electron chi connectivity index (χ1n) is 11.8. The van der Waals surface area contributed by atoms with Crippen LogP contribution in [0.1, 0.15) is 42.1 Å². The van der Waals surface area contributed by atoms with Crippen LogP contribution in [0, 0.1) is 17.4 Å². The van der Waals surface area contributed by atoms with E-state index in [1.54, 1.807) is 0 Å². The summed E-state index contributed by atoms with van der Waals surface area (Å²) < 4.78 is 5.35. The van der Waals surface area contributed by atoms with Crippen LogP contribution in [0.3, 0.4) is 0 Å². The van der Waals surface area contributed by atoms with Gasteiger partial charge in [0.05, 0.1) is 19.1 Å². The molecule has 0 saturated carbocycles. The number of morpholine rings is 1. The summed E-state index contributed by atoms with van der Waals surface area (Å²) in [6.45, 7) is 8.86. The topological polar surface area (TPSA) is 85.7 Å². The fourth-order valence-electron chi connectivity index (χ4n) is 4.14. The number of amides is 2. The van der Waals surface area contributed by atoms with E-state index in [0.29, 0.717) is 24.4 Å². The zero-order valence-corrected chi connectivity index (χ0v) is 20.3. The molecule has 0 bridgehead atoms. The first kappa shape index (κ1) is 25.4. The molecular formula is C27H34N4O3. The third-order valence-corrected chi connectivity index (χ3v) is 6.07. The van der Waals surface area contributed by atoms with Crippen LogP contribution in [0.4, 0.5) is 0 Å². The van der Waals surface area contributed by atoms with E-state index in [1.165, 1.54) is 7.05 Å². The molecule has 1 heterocycles. The van der Waals surface area contributed by atoms with Gasteiger partial charge in [0.15, 0.2) is 6.19 Å². The van der Waals surface area contributed by atoms with Crippen molar-refractivity contribution in [3.63, 3.8) is 0 Å². The third kappa shape index (κ3) is 6.89. The molecule has 3 rings (SSSR count). The second-order valence-corrected chi connectivity index (χ2v) is 9.09. The van der Waals surface area contributed by atoms with Gasteiger partial charge in [-0.1, -0.05) is 50.2 Å². The van der Waals surface area contributed by atoms with Crippen molar-refractivity contribution in [3.05, 3.63) is 59.7 Å². The molecule has 180 valence electrons. The lowest BCUT2D eigenvalue weighted by molar-refractivity contribution is -0.129. The lowest BCUT2D eigenvalue weighted by atomic mass is 9.87. The number of carbonyl (C=O) groups is 2. The molecule has 1 saturated heterocycles. The zero-order chi connectivity index (χ0) is 24.5. The highest BCUT2D eigenvalue weighted by molar-refractivity contribution is 5.94. The van der Waals surface area contributed by atoms with Crippen LogP contribution in [0.15, 0.2) is 48.5 Å². The summed E-state index contributed by atoms with van der Waals surface area (Å²) >= 11 is 0. The Hall–Kier alpha value is -3.21. The van der Waals surface area contributed by atoms with E-state index in [0.717, 1.165) is 54.4 Å². The van der Waals surface area contributed by atoms with E-state index in [2.05, 4.69) is 24.1 Å². The molecule has 0 aromatic heterocycles. The van der Waals surface area contributed by atoms with E-state index in [1.807, 2.05) is 54.7 Å². The summed E-state index contributed by atoms with van der Waals surface area (Å²) in [4.78, 5) is 28.7. The summed E-state index contributed by atoms with van der Waals surface area (Å²) in [5.41, 5.74) is 3.45. The van der Waals surface area contributed by atoms with Gasteiger partial charge < -0.3 is 10.1 Å². The van der Waals surface area contributed by atoms with E-state index in [9.17, 15) is 14.9 Å². The molecule has 2 amide bonds. The Labute approximate surface area is 202 Å². The van der Waals surface area contributed by atoms with Crippen LogP contribution in [-0.2, 0) is 9.53 Å². The van der Waals surface area contributed by atoms with Crippen molar-refractivity contribution in [2.75, 3.05) is 46.4 Å². The number of hydrogen-bond donors (Lipinski definition) is 1. The summed E-state index contributed by atoms with van der Waals surface area (Å²) in [6.07, 6.45) is 2.59.